The molecular formula is C37H44BrN3O7. The highest BCUT2D eigenvalue weighted by Gasteiger charge is 2.77. The predicted molar refractivity (Wildman–Crippen MR) is 185 cm³/mol. The molecule has 256 valence electrons. The Labute approximate surface area is 290 Å². The zero-order valence-corrected chi connectivity index (χ0v) is 29.1. The average molecular weight is 723 g/mol. The number of rotatable bonds is 15. The van der Waals surface area contributed by atoms with Crippen LogP contribution < -0.4 is 10.2 Å². The molecule has 3 aliphatic rings. The standard InChI is InChI=1S/C37H44BrN3O7/c1-5-7-14-29(43)39-22-28(25-12-9-8-10-13-25)47-36(46)30-31-34(44)41(18-11-19-42)33(37(31)21-26(38)32(30)48-37)35(45)40(17-6-2)27-20-23(3)15-16-24(27)4/h5-6,8-10,12-13,15-16,20,26,28,30-33,42H,1-2,7,11,14,17-19,21-22H2,3-4H3,(H,39,43)/t26?,28-,30-,31+,32-,33-,37+/m0/s1. The van der Waals surface area contributed by atoms with E-state index < -0.39 is 41.7 Å². The summed E-state index contributed by atoms with van der Waals surface area (Å²) in [6.45, 7) is 11.6. The van der Waals surface area contributed by atoms with Crippen molar-refractivity contribution < 1.29 is 33.8 Å². The molecule has 2 bridgehead atoms. The Morgan fingerprint density at radius 2 is 1.94 bits per heavy atom. The lowest BCUT2D eigenvalue weighted by atomic mass is 9.70. The summed E-state index contributed by atoms with van der Waals surface area (Å²) in [6.07, 6.45) is 3.13. The molecule has 7 atom stereocenters. The number of nitrogens with zero attached hydrogens (tertiary/aromatic N) is 2. The van der Waals surface area contributed by atoms with Gasteiger partial charge in [-0.05, 0) is 55.9 Å². The molecular weight excluding hydrogens is 678 g/mol. The molecule has 10 nitrogen and oxygen atoms in total. The zero-order chi connectivity index (χ0) is 34.6. The van der Waals surface area contributed by atoms with Crippen LogP contribution in [-0.2, 0) is 28.7 Å². The van der Waals surface area contributed by atoms with E-state index in [-0.39, 0.29) is 61.6 Å². The number of carbonyl (C=O) groups is 4. The monoisotopic (exact) mass is 721 g/mol. The van der Waals surface area contributed by atoms with Gasteiger partial charge < -0.3 is 29.7 Å². The fourth-order valence-electron chi connectivity index (χ4n) is 7.40. The quantitative estimate of drug-likeness (QED) is 0.160. The lowest BCUT2D eigenvalue weighted by Gasteiger charge is -2.37. The third-order valence-electron chi connectivity index (χ3n) is 9.58. The van der Waals surface area contributed by atoms with Gasteiger partial charge in [-0.25, -0.2) is 0 Å². The number of aryl methyl sites for hydroxylation is 2. The summed E-state index contributed by atoms with van der Waals surface area (Å²) in [5, 5.41) is 12.6. The molecule has 11 heteroatoms. The summed E-state index contributed by atoms with van der Waals surface area (Å²) in [5.41, 5.74) is 1.95. The minimum Gasteiger partial charge on any atom is -0.455 e. The molecule has 48 heavy (non-hydrogen) atoms. The second-order valence-electron chi connectivity index (χ2n) is 12.8. The van der Waals surface area contributed by atoms with Crippen molar-refractivity contribution >= 4 is 45.3 Å². The van der Waals surface area contributed by atoms with E-state index in [1.165, 1.54) is 4.90 Å². The highest BCUT2D eigenvalue weighted by Crippen LogP contribution is 2.60. The highest BCUT2D eigenvalue weighted by atomic mass is 79.9. The number of allylic oxidation sites excluding steroid dienone is 1. The van der Waals surface area contributed by atoms with E-state index in [0.29, 0.717) is 24.1 Å². The van der Waals surface area contributed by atoms with Crippen LogP contribution in [0.3, 0.4) is 0 Å². The van der Waals surface area contributed by atoms with Crippen molar-refractivity contribution in [3.05, 3.63) is 90.5 Å². The van der Waals surface area contributed by atoms with Gasteiger partial charge in [-0.2, -0.15) is 0 Å². The van der Waals surface area contributed by atoms with Crippen LogP contribution in [0.25, 0.3) is 0 Å². The SMILES string of the molecule is C=CCCC(=O)NC[C@H](OC(=O)[C@@H]1[C@H]2O[C@@]3(CC2Br)[C@H](C(=O)N(CC=C)c2cc(C)ccc2C)N(CCCO)C(=O)[C@@H]13)c1ccccc1. The van der Waals surface area contributed by atoms with Crippen molar-refractivity contribution in [2.24, 2.45) is 11.8 Å². The molecule has 0 aromatic heterocycles. The van der Waals surface area contributed by atoms with Gasteiger partial charge in [-0.1, -0.05) is 70.5 Å². The highest BCUT2D eigenvalue weighted by molar-refractivity contribution is 9.09. The Hall–Kier alpha value is -3.80. The summed E-state index contributed by atoms with van der Waals surface area (Å²) < 4.78 is 12.8. The van der Waals surface area contributed by atoms with Crippen LogP contribution >= 0.6 is 15.9 Å². The number of alkyl halides is 1. The molecule has 2 N–H and O–H groups in total. The van der Waals surface area contributed by atoms with Gasteiger partial charge in [0.15, 0.2) is 0 Å². The molecule has 3 amide bonds. The lowest BCUT2D eigenvalue weighted by molar-refractivity contribution is -0.160. The zero-order valence-electron chi connectivity index (χ0n) is 27.5. The number of ether oxygens (including phenoxy) is 2. The van der Waals surface area contributed by atoms with Crippen LogP contribution in [-0.4, -0.2) is 82.5 Å². The van der Waals surface area contributed by atoms with Crippen molar-refractivity contribution in [3.8, 4) is 0 Å². The minimum absolute atomic E-state index is 0.0432. The van der Waals surface area contributed by atoms with Crippen LogP contribution in [0.5, 0.6) is 0 Å². The predicted octanol–water partition coefficient (Wildman–Crippen LogP) is 4.32. The van der Waals surface area contributed by atoms with Gasteiger partial charge in [0.1, 0.15) is 17.7 Å². The average Bonchev–Trinajstić information content (AvgIpc) is 3.67. The van der Waals surface area contributed by atoms with Crippen LogP contribution in [0.2, 0.25) is 0 Å². The fourth-order valence-corrected chi connectivity index (χ4v) is 8.34. The summed E-state index contributed by atoms with van der Waals surface area (Å²) >= 11 is 3.71. The first-order chi connectivity index (χ1) is 23.1. The number of halogens is 1. The first-order valence-corrected chi connectivity index (χ1v) is 17.3. The van der Waals surface area contributed by atoms with E-state index in [0.717, 1.165) is 11.1 Å². The molecule has 3 saturated heterocycles. The molecule has 3 fully saturated rings. The fraction of sp³-hybridized carbons (Fsp3) is 0.459. The number of esters is 1. The number of fused-ring (bicyclic) bond motifs is 1. The Balaban J connectivity index is 1.49. The van der Waals surface area contributed by atoms with E-state index in [1.807, 2.05) is 62.4 Å². The van der Waals surface area contributed by atoms with Gasteiger partial charge in [0.2, 0.25) is 11.8 Å². The molecule has 0 radical (unpaired) electrons. The van der Waals surface area contributed by atoms with E-state index in [9.17, 15) is 24.3 Å². The Morgan fingerprint density at radius 3 is 2.62 bits per heavy atom. The third kappa shape index (κ3) is 6.73. The number of nitrogens with one attached hydrogen (secondary N) is 1. The number of anilines is 1. The number of amides is 3. The number of carbonyl (C=O) groups excluding carboxylic acids is 4. The molecule has 2 aromatic rings. The van der Waals surface area contributed by atoms with Gasteiger partial charge in [0.05, 0.1) is 24.5 Å². The Bertz CT molecular complexity index is 1550. The summed E-state index contributed by atoms with van der Waals surface area (Å²) in [7, 11) is 0. The number of aliphatic hydroxyl groups is 1. The van der Waals surface area contributed by atoms with Crippen molar-refractivity contribution in [3.63, 3.8) is 0 Å². The van der Waals surface area contributed by atoms with E-state index in [1.54, 1.807) is 17.1 Å². The van der Waals surface area contributed by atoms with Crippen molar-refractivity contribution in [2.45, 2.75) is 68.2 Å². The van der Waals surface area contributed by atoms with Crippen LogP contribution in [0, 0.1) is 25.7 Å². The maximum Gasteiger partial charge on any atom is 0.313 e. The van der Waals surface area contributed by atoms with Crippen LogP contribution in [0.15, 0.2) is 73.8 Å². The van der Waals surface area contributed by atoms with Gasteiger partial charge in [0, 0.05) is 36.6 Å². The van der Waals surface area contributed by atoms with Crippen molar-refractivity contribution in [2.75, 3.05) is 31.1 Å². The maximum atomic E-state index is 14.8. The smallest absolute Gasteiger partial charge is 0.313 e. The second kappa shape index (κ2) is 15.2. The van der Waals surface area contributed by atoms with Gasteiger partial charge in [-0.15, -0.1) is 13.2 Å². The first kappa shape index (κ1) is 35.5. The molecule has 0 aliphatic carbocycles. The summed E-state index contributed by atoms with van der Waals surface area (Å²) in [6, 6.07) is 13.9. The largest absolute Gasteiger partial charge is 0.455 e. The van der Waals surface area contributed by atoms with Crippen molar-refractivity contribution in [1.82, 2.24) is 10.2 Å². The second-order valence-corrected chi connectivity index (χ2v) is 13.9. The number of aliphatic hydroxyl groups excluding tert-OH is 1. The molecule has 0 saturated carbocycles. The third-order valence-corrected chi connectivity index (χ3v) is 10.4. The number of hydrogen-bond donors (Lipinski definition) is 2. The number of benzene rings is 2. The molecule has 3 heterocycles. The van der Waals surface area contributed by atoms with Gasteiger partial charge in [-0.3, -0.25) is 19.2 Å². The normalized spacial score (nSPS) is 26.1. The molecule has 5 rings (SSSR count). The Morgan fingerprint density at radius 1 is 1.19 bits per heavy atom. The first-order valence-electron chi connectivity index (χ1n) is 16.4. The molecule has 1 unspecified atom stereocenters. The topological polar surface area (TPSA) is 125 Å². The van der Waals surface area contributed by atoms with E-state index in [2.05, 4.69) is 34.4 Å². The lowest BCUT2D eigenvalue weighted by Crippen LogP contribution is -2.57. The van der Waals surface area contributed by atoms with Crippen LogP contribution in [0.1, 0.15) is 48.5 Å². The maximum absolute atomic E-state index is 14.8. The van der Waals surface area contributed by atoms with Crippen molar-refractivity contribution in [1.29, 1.82) is 0 Å². The minimum atomic E-state index is -1.30. The van der Waals surface area contributed by atoms with E-state index in [4.69, 9.17) is 9.47 Å². The number of hydrogen-bond acceptors (Lipinski definition) is 7. The van der Waals surface area contributed by atoms with E-state index >= 15 is 0 Å². The Kier molecular flexibility index (Phi) is 11.2. The molecule has 2 aromatic carbocycles. The van der Waals surface area contributed by atoms with Gasteiger partial charge >= 0.3 is 5.97 Å². The summed E-state index contributed by atoms with van der Waals surface area (Å²) in [4.78, 5) is 58.7. The molecule has 1 spiro atoms. The van der Waals surface area contributed by atoms with Crippen LogP contribution in [0.4, 0.5) is 5.69 Å². The number of likely N-dealkylation sites (tertiary alicyclic amines) is 1. The van der Waals surface area contributed by atoms with Gasteiger partial charge in [0.25, 0.3) is 5.91 Å². The molecule has 3 aliphatic heterocycles. The summed E-state index contributed by atoms with van der Waals surface area (Å²) in [5.74, 6) is -3.52.